The van der Waals surface area contributed by atoms with Crippen LogP contribution in [0.4, 0.5) is 4.39 Å². The van der Waals surface area contributed by atoms with Crippen molar-refractivity contribution >= 4 is 5.96 Å². The molecule has 5 heteroatoms. The van der Waals surface area contributed by atoms with Gasteiger partial charge in [0.2, 0.25) is 0 Å². The van der Waals surface area contributed by atoms with Crippen LogP contribution in [0.15, 0.2) is 29.3 Å². The van der Waals surface area contributed by atoms with Gasteiger partial charge in [0, 0.05) is 19.2 Å². The van der Waals surface area contributed by atoms with Crippen molar-refractivity contribution < 1.29 is 9.13 Å². The fourth-order valence-electron chi connectivity index (χ4n) is 1.59. The molecule has 0 aromatic heterocycles. The fourth-order valence-corrected chi connectivity index (χ4v) is 1.59. The predicted molar refractivity (Wildman–Crippen MR) is 80.8 cm³/mol. The molecule has 1 aromatic rings. The zero-order chi connectivity index (χ0) is 14.6. The molecule has 0 amide bonds. The number of hydrogen-bond acceptors (Lipinski definition) is 2. The third-order valence-corrected chi connectivity index (χ3v) is 2.59. The Balaban J connectivity index is 2.27. The third-order valence-electron chi connectivity index (χ3n) is 2.59. The summed E-state index contributed by atoms with van der Waals surface area (Å²) in [5.74, 6) is 1.05. The number of unbranched alkanes of at least 4 members (excludes halogenated alkanes) is 1. The van der Waals surface area contributed by atoms with Gasteiger partial charge in [-0.25, -0.2) is 4.39 Å². The minimum absolute atomic E-state index is 0.287. The standard InChI is InChI=1S/C15H24FN3O/c1-3-5-9-18-15(17-4-2)19-10-11-20-14-8-6-7-13(16)12-14/h6-8,12H,3-5,9-11H2,1-2H3,(H2,17,18,19). The molecule has 0 aliphatic heterocycles. The van der Waals surface area contributed by atoms with E-state index in [1.807, 2.05) is 6.92 Å². The SMILES string of the molecule is CCCCN=C(NCC)NCCOc1cccc(F)c1. The summed E-state index contributed by atoms with van der Waals surface area (Å²) in [6.07, 6.45) is 2.21. The molecular formula is C15H24FN3O. The second-order valence-corrected chi connectivity index (χ2v) is 4.35. The number of ether oxygens (including phenoxy) is 1. The predicted octanol–water partition coefficient (Wildman–Crippen LogP) is 2.56. The van der Waals surface area contributed by atoms with Crippen LogP contribution >= 0.6 is 0 Å². The molecule has 0 bridgehead atoms. The highest BCUT2D eigenvalue weighted by molar-refractivity contribution is 5.79. The fraction of sp³-hybridized carbons (Fsp3) is 0.533. The lowest BCUT2D eigenvalue weighted by Gasteiger charge is -2.12. The van der Waals surface area contributed by atoms with Crippen molar-refractivity contribution in [3.8, 4) is 5.75 Å². The van der Waals surface area contributed by atoms with E-state index >= 15 is 0 Å². The van der Waals surface area contributed by atoms with E-state index in [-0.39, 0.29) is 5.82 Å². The van der Waals surface area contributed by atoms with E-state index in [2.05, 4.69) is 22.5 Å². The van der Waals surface area contributed by atoms with Gasteiger partial charge < -0.3 is 15.4 Å². The van der Waals surface area contributed by atoms with E-state index in [0.29, 0.717) is 18.9 Å². The summed E-state index contributed by atoms with van der Waals surface area (Å²) < 4.78 is 18.4. The Labute approximate surface area is 120 Å². The normalized spacial score (nSPS) is 11.2. The summed E-state index contributed by atoms with van der Waals surface area (Å²) in [6.45, 7) is 6.89. The largest absolute Gasteiger partial charge is 0.492 e. The number of hydrogen-bond donors (Lipinski definition) is 2. The van der Waals surface area contributed by atoms with E-state index in [4.69, 9.17) is 4.74 Å². The Hall–Kier alpha value is -1.78. The molecule has 1 aromatic carbocycles. The highest BCUT2D eigenvalue weighted by atomic mass is 19.1. The topological polar surface area (TPSA) is 45.7 Å². The van der Waals surface area contributed by atoms with Gasteiger partial charge in [-0.1, -0.05) is 19.4 Å². The summed E-state index contributed by atoms with van der Waals surface area (Å²) in [4.78, 5) is 4.44. The lowest BCUT2D eigenvalue weighted by Crippen LogP contribution is -2.39. The Morgan fingerprint density at radius 3 is 2.85 bits per heavy atom. The molecule has 0 unspecified atom stereocenters. The lowest BCUT2D eigenvalue weighted by molar-refractivity contribution is 0.320. The Morgan fingerprint density at radius 2 is 2.15 bits per heavy atom. The minimum atomic E-state index is -0.287. The summed E-state index contributed by atoms with van der Waals surface area (Å²) in [6, 6.07) is 6.15. The maximum Gasteiger partial charge on any atom is 0.191 e. The van der Waals surface area contributed by atoms with Crippen LogP contribution in [0.1, 0.15) is 26.7 Å². The van der Waals surface area contributed by atoms with Crippen LogP contribution in [0.25, 0.3) is 0 Å². The number of benzene rings is 1. The molecule has 0 spiro atoms. The second kappa shape index (κ2) is 10.1. The van der Waals surface area contributed by atoms with Gasteiger partial charge in [0.15, 0.2) is 5.96 Å². The van der Waals surface area contributed by atoms with Crippen LogP contribution in [-0.4, -0.2) is 32.2 Å². The van der Waals surface area contributed by atoms with Crippen molar-refractivity contribution in [3.05, 3.63) is 30.1 Å². The average molecular weight is 281 g/mol. The quantitative estimate of drug-likeness (QED) is 0.437. The summed E-state index contributed by atoms with van der Waals surface area (Å²) >= 11 is 0. The molecule has 1 rings (SSSR count). The zero-order valence-electron chi connectivity index (χ0n) is 12.3. The Bertz CT molecular complexity index is 410. The van der Waals surface area contributed by atoms with Crippen molar-refractivity contribution in [2.75, 3.05) is 26.2 Å². The molecule has 0 aliphatic rings. The summed E-state index contributed by atoms with van der Waals surface area (Å²) in [7, 11) is 0. The van der Waals surface area contributed by atoms with Gasteiger partial charge >= 0.3 is 0 Å². The number of nitrogens with zero attached hydrogens (tertiary/aromatic N) is 1. The molecular weight excluding hydrogens is 257 g/mol. The molecule has 0 radical (unpaired) electrons. The number of guanidine groups is 1. The molecule has 0 atom stereocenters. The monoisotopic (exact) mass is 281 g/mol. The smallest absolute Gasteiger partial charge is 0.191 e. The van der Waals surface area contributed by atoms with Crippen LogP contribution in [0.2, 0.25) is 0 Å². The zero-order valence-corrected chi connectivity index (χ0v) is 12.3. The van der Waals surface area contributed by atoms with Crippen molar-refractivity contribution in [2.24, 2.45) is 4.99 Å². The molecule has 20 heavy (non-hydrogen) atoms. The number of rotatable bonds is 8. The Kier molecular flexibility index (Phi) is 8.19. The lowest BCUT2D eigenvalue weighted by atomic mass is 10.3. The molecule has 0 saturated carbocycles. The highest BCUT2D eigenvalue weighted by Crippen LogP contribution is 2.11. The number of halogens is 1. The maximum absolute atomic E-state index is 13.0. The second-order valence-electron chi connectivity index (χ2n) is 4.35. The first kappa shape index (κ1) is 16.3. The molecule has 0 aliphatic carbocycles. The van der Waals surface area contributed by atoms with Crippen LogP contribution in [-0.2, 0) is 0 Å². The Morgan fingerprint density at radius 1 is 1.30 bits per heavy atom. The van der Waals surface area contributed by atoms with E-state index in [0.717, 1.165) is 31.9 Å². The van der Waals surface area contributed by atoms with E-state index in [9.17, 15) is 4.39 Å². The molecule has 0 fully saturated rings. The highest BCUT2D eigenvalue weighted by Gasteiger charge is 1.98. The number of aliphatic imine (C=N–C) groups is 1. The van der Waals surface area contributed by atoms with E-state index < -0.39 is 0 Å². The van der Waals surface area contributed by atoms with Crippen LogP contribution in [0.3, 0.4) is 0 Å². The molecule has 112 valence electrons. The van der Waals surface area contributed by atoms with Crippen LogP contribution < -0.4 is 15.4 Å². The first-order chi connectivity index (χ1) is 9.76. The first-order valence-electron chi connectivity index (χ1n) is 7.16. The van der Waals surface area contributed by atoms with Gasteiger partial charge in [0.25, 0.3) is 0 Å². The molecule has 2 N–H and O–H groups in total. The van der Waals surface area contributed by atoms with Gasteiger partial charge in [0.1, 0.15) is 18.2 Å². The summed E-state index contributed by atoms with van der Waals surface area (Å²) in [5, 5.41) is 6.36. The van der Waals surface area contributed by atoms with Crippen LogP contribution in [0, 0.1) is 5.82 Å². The first-order valence-corrected chi connectivity index (χ1v) is 7.16. The van der Waals surface area contributed by atoms with E-state index in [1.165, 1.54) is 12.1 Å². The minimum Gasteiger partial charge on any atom is -0.492 e. The van der Waals surface area contributed by atoms with Gasteiger partial charge in [-0.05, 0) is 25.5 Å². The van der Waals surface area contributed by atoms with Gasteiger partial charge in [-0.15, -0.1) is 0 Å². The average Bonchev–Trinajstić information content (AvgIpc) is 2.44. The summed E-state index contributed by atoms with van der Waals surface area (Å²) in [5.41, 5.74) is 0. The molecule has 4 nitrogen and oxygen atoms in total. The van der Waals surface area contributed by atoms with Crippen molar-refractivity contribution in [1.29, 1.82) is 0 Å². The molecule has 0 saturated heterocycles. The van der Waals surface area contributed by atoms with Crippen LogP contribution in [0.5, 0.6) is 5.75 Å². The third kappa shape index (κ3) is 6.97. The van der Waals surface area contributed by atoms with Crippen molar-refractivity contribution in [3.63, 3.8) is 0 Å². The van der Waals surface area contributed by atoms with Gasteiger partial charge in [-0.2, -0.15) is 0 Å². The van der Waals surface area contributed by atoms with E-state index in [1.54, 1.807) is 12.1 Å². The van der Waals surface area contributed by atoms with Gasteiger partial charge in [-0.3, -0.25) is 4.99 Å². The molecule has 0 heterocycles. The van der Waals surface area contributed by atoms with Crippen molar-refractivity contribution in [2.45, 2.75) is 26.7 Å². The van der Waals surface area contributed by atoms with Crippen molar-refractivity contribution in [1.82, 2.24) is 10.6 Å². The number of nitrogens with one attached hydrogen (secondary N) is 2. The van der Waals surface area contributed by atoms with Gasteiger partial charge in [0.05, 0.1) is 6.54 Å². The maximum atomic E-state index is 13.0.